The molecule has 0 spiro atoms. The van der Waals surface area contributed by atoms with Crippen LogP contribution in [0.1, 0.15) is 30.9 Å². The first kappa shape index (κ1) is 10.3. The Morgan fingerprint density at radius 3 is 2.77 bits per heavy atom. The van der Waals surface area contributed by atoms with Gasteiger partial charge in [-0.05, 0) is 25.5 Å². The topological polar surface area (TPSA) is 45.4 Å². The van der Waals surface area contributed by atoms with Gasteiger partial charge in [-0.15, -0.1) is 0 Å². The molecule has 0 radical (unpaired) electrons. The highest BCUT2D eigenvalue weighted by atomic mass is 16.3. The molecular weight excluding hydrogens is 166 g/mol. The van der Waals surface area contributed by atoms with Crippen LogP contribution in [-0.2, 0) is 0 Å². The summed E-state index contributed by atoms with van der Waals surface area (Å²) in [6, 6.07) is 4.16. The first-order chi connectivity index (χ1) is 6.27. The summed E-state index contributed by atoms with van der Waals surface area (Å²) in [4.78, 5) is 0. The second-order valence-electron chi connectivity index (χ2n) is 3.09. The van der Waals surface area contributed by atoms with E-state index < -0.39 is 0 Å². The summed E-state index contributed by atoms with van der Waals surface area (Å²) in [6.07, 6.45) is 0.965. The Hall–Kier alpha value is -0.800. The van der Waals surface area contributed by atoms with Crippen molar-refractivity contribution in [3.8, 4) is 0 Å². The van der Waals surface area contributed by atoms with E-state index in [1.807, 2.05) is 19.1 Å². The first-order valence-electron chi connectivity index (χ1n) is 4.68. The minimum absolute atomic E-state index is 0.163. The largest absolute Gasteiger partial charge is 0.465 e. The Bertz CT molecular complexity index is 245. The molecule has 0 fully saturated rings. The van der Waals surface area contributed by atoms with Gasteiger partial charge in [0.2, 0.25) is 0 Å². The molecule has 0 saturated carbocycles. The standard InChI is InChI=1S/C10H17NO2/c1-3-9(11-6-7-12)10-5-4-8(2)13-10/h4-5,9,11-12H,3,6-7H2,1-2H3/t9-/m1/s1. The molecule has 13 heavy (non-hydrogen) atoms. The molecule has 0 amide bonds. The monoisotopic (exact) mass is 183 g/mol. The van der Waals surface area contributed by atoms with E-state index in [9.17, 15) is 0 Å². The molecule has 74 valence electrons. The summed E-state index contributed by atoms with van der Waals surface area (Å²) in [6.45, 7) is 4.80. The van der Waals surface area contributed by atoms with Gasteiger partial charge < -0.3 is 14.8 Å². The predicted octanol–water partition coefficient (Wildman–Crippen LogP) is 1.62. The van der Waals surface area contributed by atoms with Crippen LogP contribution < -0.4 is 5.32 Å². The summed E-state index contributed by atoms with van der Waals surface area (Å²) in [7, 11) is 0. The molecule has 3 heteroatoms. The van der Waals surface area contributed by atoms with Gasteiger partial charge in [-0.2, -0.15) is 0 Å². The van der Waals surface area contributed by atoms with Crippen molar-refractivity contribution in [3.05, 3.63) is 23.7 Å². The Kier molecular flexibility index (Phi) is 3.99. The summed E-state index contributed by atoms with van der Waals surface area (Å²) in [5.74, 6) is 1.88. The normalized spacial score (nSPS) is 13.2. The molecule has 0 bridgehead atoms. The summed E-state index contributed by atoms with van der Waals surface area (Å²) >= 11 is 0. The second kappa shape index (κ2) is 5.04. The van der Waals surface area contributed by atoms with Gasteiger partial charge in [0, 0.05) is 6.54 Å². The van der Waals surface area contributed by atoms with E-state index in [0.29, 0.717) is 6.54 Å². The minimum Gasteiger partial charge on any atom is -0.465 e. The van der Waals surface area contributed by atoms with Crippen LogP contribution in [0.4, 0.5) is 0 Å². The average Bonchev–Trinajstić information content (AvgIpc) is 2.54. The summed E-state index contributed by atoms with van der Waals surface area (Å²) in [5.41, 5.74) is 0. The number of hydrogen-bond acceptors (Lipinski definition) is 3. The van der Waals surface area contributed by atoms with Gasteiger partial charge in [0.05, 0.1) is 12.6 Å². The predicted molar refractivity (Wildman–Crippen MR) is 51.6 cm³/mol. The lowest BCUT2D eigenvalue weighted by atomic mass is 10.2. The van der Waals surface area contributed by atoms with E-state index in [0.717, 1.165) is 17.9 Å². The Morgan fingerprint density at radius 2 is 2.31 bits per heavy atom. The second-order valence-corrected chi connectivity index (χ2v) is 3.09. The number of aliphatic hydroxyl groups excluding tert-OH is 1. The zero-order chi connectivity index (χ0) is 9.68. The summed E-state index contributed by atoms with van der Waals surface area (Å²) in [5, 5.41) is 11.9. The van der Waals surface area contributed by atoms with Crippen molar-refractivity contribution < 1.29 is 9.52 Å². The lowest BCUT2D eigenvalue weighted by Crippen LogP contribution is -2.23. The van der Waals surface area contributed by atoms with Crippen molar-refractivity contribution in [3.63, 3.8) is 0 Å². The van der Waals surface area contributed by atoms with Gasteiger partial charge in [-0.3, -0.25) is 0 Å². The highest BCUT2D eigenvalue weighted by molar-refractivity contribution is 5.09. The molecule has 0 saturated heterocycles. The van der Waals surface area contributed by atoms with Gasteiger partial charge in [0.1, 0.15) is 11.5 Å². The molecule has 0 aliphatic rings. The van der Waals surface area contributed by atoms with Crippen LogP contribution in [0.25, 0.3) is 0 Å². The highest BCUT2D eigenvalue weighted by Gasteiger charge is 2.11. The van der Waals surface area contributed by atoms with Gasteiger partial charge in [-0.25, -0.2) is 0 Å². The number of hydrogen-bond donors (Lipinski definition) is 2. The van der Waals surface area contributed by atoms with E-state index in [2.05, 4.69) is 12.2 Å². The van der Waals surface area contributed by atoms with Crippen molar-refractivity contribution in [2.24, 2.45) is 0 Å². The lowest BCUT2D eigenvalue weighted by molar-refractivity contribution is 0.277. The molecule has 1 atom stereocenters. The van der Waals surface area contributed by atoms with E-state index in [1.165, 1.54) is 0 Å². The fourth-order valence-corrected chi connectivity index (χ4v) is 1.33. The maximum absolute atomic E-state index is 8.67. The lowest BCUT2D eigenvalue weighted by Gasteiger charge is -2.13. The van der Waals surface area contributed by atoms with Gasteiger partial charge in [0.15, 0.2) is 0 Å². The highest BCUT2D eigenvalue weighted by Crippen LogP contribution is 2.18. The van der Waals surface area contributed by atoms with Crippen LogP contribution in [0.5, 0.6) is 0 Å². The first-order valence-corrected chi connectivity index (χ1v) is 4.68. The van der Waals surface area contributed by atoms with Gasteiger partial charge in [0.25, 0.3) is 0 Å². The van der Waals surface area contributed by atoms with Gasteiger partial charge >= 0.3 is 0 Å². The number of aryl methyl sites for hydroxylation is 1. The number of aliphatic hydroxyl groups is 1. The number of furan rings is 1. The van der Waals surface area contributed by atoms with Gasteiger partial charge in [-0.1, -0.05) is 6.92 Å². The third-order valence-electron chi connectivity index (χ3n) is 2.02. The molecule has 1 aromatic heterocycles. The van der Waals surface area contributed by atoms with E-state index >= 15 is 0 Å². The minimum atomic E-state index is 0.163. The van der Waals surface area contributed by atoms with Crippen molar-refractivity contribution in [2.45, 2.75) is 26.3 Å². The van der Waals surface area contributed by atoms with E-state index in [4.69, 9.17) is 9.52 Å². The molecule has 1 rings (SSSR count). The van der Waals surface area contributed by atoms with Crippen LogP contribution >= 0.6 is 0 Å². The Morgan fingerprint density at radius 1 is 1.54 bits per heavy atom. The van der Waals surface area contributed by atoms with Crippen molar-refractivity contribution in [1.82, 2.24) is 5.32 Å². The molecule has 2 N–H and O–H groups in total. The van der Waals surface area contributed by atoms with Crippen LogP contribution in [-0.4, -0.2) is 18.3 Å². The maximum atomic E-state index is 8.67. The van der Waals surface area contributed by atoms with Crippen molar-refractivity contribution >= 4 is 0 Å². The van der Waals surface area contributed by atoms with E-state index in [-0.39, 0.29) is 12.6 Å². The van der Waals surface area contributed by atoms with Crippen molar-refractivity contribution in [1.29, 1.82) is 0 Å². The quantitative estimate of drug-likeness (QED) is 0.729. The molecule has 0 aliphatic carbocycles. The third kappa shape index (κ3) is 2.86. The Balaban J connectivity index is 2.56. The van der Waals surface area contributed by atoms with E-state index in [1.54, 1.807) is 0 Å². The maximum Gasteiger partial charge on any atom is 0.121 e. The number of nitrogens with one attached hydrogen (secondary N) is 1. The van der Waals surface area contributed by atoms with Crippen LogP contribution in [0.2, 0.25) is 0 Å². The SMILES string of the molecule is CC[C@@H](NCCO)c1ccc(C)o1. The number of rotatable bonds is 5. The molecule has 3 nitrogen and oxygen atoms in total. The molecule has 0 aromatic carbocycles. The molecular formula is C10H17NO2. The smallest absolute Gasteiger partial charge is 0.121 e. The molecule has 1 aromatic rings. The van der Waals surface area contributed by atoms with Crippen molar-refractivity contribution in [2.75, 3.05) is 13.2 Å². The average molecular weight is 183 g/mol. The molecule has 1 heterocycles. The Labute approximate surface area is 78.8 Å². The fourth-order valence-electron chi connectivity index (χ4n) is 1.33. The molecule has 0 aliphatic heterocycles. The van der Waals surface area contributed by atoms with Crippen LogP contribution in [0.15, 0.2) is 16.5 Å². The van der Waals surface area contributed by atoms with Crippen LogP contribution in [0, 0.1) is 6.92 Å². The fraction of sp³-hybridized carbons (Fsp3) is 0.600. The molecule has 0 unspecified atom stereocenters. The zero-order valence-electron chi connectivity index (χ0n) is 8.21. The third-order valence-corrected chi connectivity index (χ3v) is 2.02. The van der Waals surface area contributed by atoms with Crippen LogP contribution in [0.3, 0.4) is 0 Å². The zero-order valence-corrected chi connectivity index (χ0v) is 8.21. The summed E-state index contributed by atoms with van der Waals surface area (Å²) < 4.78 is 5.49.